The van der Waals surface area contributed by atoms with Crippen molar-refractivity contribution in [2.45, 2.75) is 26.4 Å². The first kappa shape index (κ1) is 21.1. The van der Waals surface area contributed by atoms with Crippen LogP contribution in [0.5, 0.6) is 5.75 Å². The van der Waals surface area contributed by atoms with Gasteiger partial charge in [-0.25, -0.2) is 0 Å². The SMILES string of the molecule is CCN(Cc1cccc(Cl)c1)C(=O)CCn1c(-c2ccc(OC)cc2)n[nH]c1=S. The largest absolute Gasteiger partial charge is 0.497 e. The third-order valence-electron chi connectivity index (χ3n) is 4.65. The molecule has 1 heterocycles. The van der Waals surface area contributed by atoms with Crippen LogP contribution in [0.1, 0.15) is 18.9 Å². The summed E-state index contributed by atoms with van der Waals surface area (Å²) >= 11 is 11.4. The molecule has 0 fully saturated rings. The summed E-state index contributed by atoms with van der Waals surface area (Å²) in [5.41, 5.74) is 1.91. The summed E-state index contributed by atoms with van der Waals surface area (Å²) in [6.07, 6.45) is 0.325. The van der Waals surface area contributed by atoms with E-state index in [0.29, 0.717) is 41.7 Å². The molecule has 2 aromatic carbocycles. The molecule has 0 saturated carbocycles. The predicted octanol–water partition coefficient (Wildman–Crippen LogP) is 4.71. The minimum Gasteiger partial charge on any atom is -0.497 e. The predicted molar refractivity (Wildman–Crippen MR) is 117 cm³/mol. The zero-order valence-corrected chi connectivity index (χ0v) is 18.0. The number of nitrogens with zero attached hydrogens (tertiary/aromatic N) is 3. The summed E-state index contributed by atoms with van der Waals surface area (Å²) in [7, 11) is 1.62. The first-order valence-electron chi connectivity index (χ1n) is 9.33. The highest BCUT2D eigenvalue weighted by molar-refractivity contribution is 7.71. The number of benzene rings is 2. The van der Waals surface area contributed by atoms with Crippen LogP contribution in [0.25, 0.3) is 11.4 Å². The summed E-state index contributed by atoms with van der Waals surface area (Å²) < 4.78 is 7.54. The van der Waals surface area contributed by atoms with Crippen molar-refractivity contribution in [2.75, 3.05) is 13.7 Å². The van der Waals surface area contributed by atoms with Gasteiger partial charge in [0.15, 0.2) is 10.6 Å². The summed E-state index contributed by atoms with van der Waals surface area (Å²) in [6, 6.07) is 15.1. The minimum absolute atomic E-state index is 0.0521. The van der Waals surface area contributed by atoms with Crippen molar-refractivity contribution in [1.82, 2.24) is 19.7 Å². The molecule has 0 aliphatic rings. The zero-order valence-electron chi connectivity index (χ0n) is 16.4. The Hall–Kier alpha value is -2.64. The monoisotopic (exact) mass is 430 g/mol. The maximum Gasteiger partial charge on any atom is 0.224 e. The minimum atomic E-state index is 0.0521. The average molecular weight is 431 g/mol. The Balaban J connectivity index is 1.70. The molecule has 0 saturated heterocycles. The molecule has 1 amide bonds. The number of amides is 1. The van der Waals surface area contributed by atoms with Gasteiger partial charge in [0.25, 0.3) is 0 Å². The van der Waals surface area contributed by atoms with E-state index < -0.39 is 0 Å². The second-order valence-corrected chi connectivity index (χ2v) is 7.34. The normalized spacial score (nSPS) is 10.7. The van der Waals surface area contributed by atoms with Crippen LogP contribution in [-0.4, -0.2) is 39.2 Å². The van der Waals surface area contributed by atoms with Crippen molar-refractivity contribution >= 4 is 29.7 Å². The van der Waals surface area contributed by atoms with E-state index in [1.54, 1.807) is 7.11 Å². The number of carbonyl (C=O) groups is 1. The van der Waals surface area contributed by atoms with Crippen LogP contribution in [0.2, 0.25) is 5.02 Å². The van der Waals surface area contributed by atoms with Crippen LogP contribution < -0.4 is 4.74 Å². The highest BCUT2D eigenvalue weighted by atomic mass is 35.5. The topological polar surface area (TPSA) is 63.1 Å². The van der Waals surface area contributed by atoms with Crippen molar-refractivity contribution in [3.63, 3.8) is 0 Å². The number of aromatic amines is 1. The van der Waals surface area contributed by atoms with Crippen LogP contribution in [0.4, 0.5) is 0 Å². The summed E-state index contributed by atoms with van der Waals surface area (Å²) in [5.74, 6) is 1.52. The molecule has 0 unspecified atom stereocenters. The van der Waals surface area contributed by atoms with Crippen molar-refractivity contribution in [3.8, 4) is 17.1 Å². The number of halogens is 1. The molecular weight excluding hydrogens is 408 g/mol. The summed E-state index contributed by atoms with van der Waals surface area (Å²) in [4.78, 5) is 14.6. The van der Waals surface area contributed by atoms with Gasteiger partial charge >= 0.3 is 0 Å². The van der Waals surface area contributed by atoms with E-state index >= 15 is 0 Å². The molecule has 1 N–H and O–H groups in total. The van der Waals surface area contributed by atoms with Crippen molar-refractivity contribution in [2.24, 2.45) is 0 Å². The lowest BCUT2D eigenvalue weighted by atomic mass is 10.2. The molecule has 3 rings (SSSR count). The highest BCUT2D eigenvalue weighted by Crippen LogP contribution is 2.21. The van der Waals surface area contributed by atoms with Crippen molar-refractivity contribution < 1.29 is 9.53 Å². The number of ether oxygens (including phenoxy) is 1. The van der Waals surface area contributed by atoms with Gasteiger partial charge in [0.05, 0.1) is 7.11 Å². The van der Waals surface area contributed by atoms with Gasteiger partial charge in [-0.05, 0) is 61.1 Å². The molecule has 1 aromatic heterocycles. The molecule has 0 bridgehead atoms. The van der Waals surface area contributed by atoms with Gasteiger partial charge in [-0.15, -0.1) is 0 Å². The van der Waals surface area contributed by atoms with Crippen molar-refractivity contribution in [1.29, 1.82) is 0 Å². The Morgan fingerprint density at radius 1 is 1.28 bits per heavy atom. The fourth-order valence-electron chi connectivity index (χ4n) is 3.08. The molecule has 0 spiro atoms. The molecular formula is C21H23ClN4O2S. The van der Waals surface area contributed by atoms with Gasteiger partial charge in [-0.1, -0.05) is 23.7 Å². The van der Waals surface area contributed by atoms with Gasteiger partial charge < -0.3 is 9.64 Å². The molecule has 0 radical (unpaired) electrons. The lowest BCUT2D eigenvalue weighted by molar-refractivity contribution is -0.131. The third-order valence-corrected chi connectivity index (χ3v) is 5.20. The molecule has 3 aromatic rings. The molecule has 152 valence electrons. The van der Waals surface area contributed by atoms with Crippen LogP contribution in [0, 0.1) is 4.77 Å². The number of hydrogen-bond acceptors (Lipinski definition) is 4. The van der Waals surface area contributed by atoms with Crippen LogP contribution in [0.15, 0.2) is 48.5 Å². The number of hydrogen-bond donors (Lipinski definition) is 1. The third kappa shape index (κ3) is 5.25. The van der Waals surface area contributed by atoms with E-state index in [2.05, 4.69) is 10.2 Å². The van der Waals surface area contributed by atoms with Crippen molar-refractivity contribution in [3.05, 3.63) is 63.9 Å². The molecule has 8 heteroatoms. The number of rotatable bonds is 8. The number of methoxy groups -OCH3 is 1. The fraction of sp³-hybridized carbons (Fsp3) is 0.286. The van der Waals surface area contributed by atoms with Gasteiger partial charge in [0.1, 0.15) is 5.75 Å². The van der Waals surface area contributed by atoms with E-state index in [0.717, 1.165) is 16.9 Å². The fourth-order valence-corrected chi connectivity index (χ4v) is 3.52. The lowest BCUT2D eigenvalue weighted by Crippen LogP contribution is -2.31. The Bertz CT molecular complexity index is 1030. The molecule has 0 atom stereocenters. The van der Waals surface area contributed by atoms with E-state index in [4.69, 9.17) is 28.6 Å². The van der Waals surface area contributed by atoms with Gasteiger partial charge in [0.2, 0.25) is 5.91 Å². The smallest absolute Gasteiger partial charge is 0.224 e. The average Bonchev–Trinajstić information content (AvgIpc) is 3.10. The summed E-state index contributed by atoms with van der Waals surface area (Å²) in [5, 5.41) is 7.82. The number of H-pyrrole nitrogens is 1. The number of carbonyl (C=O) groups excluding carboxylic acids is 1. The Labute approximate surface area is 180 Å². The number of nitrogens with one attached hydrogen (secondary N) is 1. The van der Waals surface area contributed by atoms with Crippen LogP contribution >= 0.6 is 23.8 Å². The van der Waals surface area contributed by atoms with Gasteiger partial charge in [0, 0.05) is 36.6 Å². The van der Waals surface area contributed by atoms with Crippen LogP contribution in [-0.2, 0) is 17.9 Å². The second kappa shape index (κ2) is 9.71. The van der Waals surface area contributed by atoms with Gasteiger partial charge in [-0.3, -0.25) is 14.5 Å². The maximum absolute atomic E-state index is 12.8. The van der Waals surface area contributed by atoms with E-state index in [1.807, 2.05) is 64.9 Å². The zero-order chi connectivity index (χ0) is 20.8. The van der Waals surface area contributed by atoms with Crippen LogP contribution in [0.3, 0.4) is 0 Å². The Kier molecular flexibility index (Phi) is 7.06. The lowest BCUT2D eigenvalue weighted by Gasteiger charge is -2.21. The second-order valence-electron chi connectivity index (χ2n) is 6.52. The first-order valence-corrected chi connectivity index (χ1v) is 10.1. The molecule has 0 aliphatic carbocycles. The maximum atomic E-state index is 12.8. The first-order chi connectivity index (χ1) is 14.0. The van der Waals surface area contributed by atoms with E-state index in [9.17, 15) is 4.79 Å². The quantitative estimate of drug-likeness (QED) is 0.526. The van der Waals surface area contributed by atoms with E-state index in [1.165, 1.54) is 0 Å². The summed E-state index contributed by atoms with van der Waals surface area (Å²) in [6.45, 7) is 3.56. The standard InChI is InChI=1S/C21H23ClN4O2S/c1-3-25(14-15-5-4-6-17(22)13-15)19(27)11-12-26-20(23-24-21(26)29)16-7-9-18(28-2)10-8-16/h4-10,13H,3,11-12,14H2,1-2H3,(H,24,29). The Morgan fingerprint density at radius 2 is 2.03 bits per heavy atom. The number of aromatic nitrogens is 3. The molecule has 6 nitrogen and oxygen atoms in total. The van der Waals surface area contributed by atoms with Gasteiger partial charge in [-0.2, -0.15) is 5.10 Å². The molecule has 29 heavy (non-hydrogen) atoms. The highest BCUT2D eigenvalue weighted by Gasteiger charge is 2.15. The Morgan fingerprint density at radius 3 is 2.69 bits per heavy atom. The van der Waals surface area contributed by atoms with E-state index in [-0.39, 0.29) is 5.91 Å². The molecule has 0 aliphatic heterocycles.